The van der Waals surface area contributed by atoms with Gasteiger partial charge in [0.2, 0.25) is 5.91 Å². The molecule has 0 bridgehead atoms. The number of aryl methyl sites for hydroxylation is 1. The summed E-state index contributed by atoms with van der Waals surface area (Å²) in [5.41, 5.74) is 1.15. The van der Waals surface area contributed by atoms with E-state index in [1.54, 1.807) is 0 Å². The van der Waals surface area contributed by atoms with E-state index in [0.717, 1.165) is 35.8 Å². The number of carboxylic acid groups (broad SMARTS) is 1. The average Bonchev–Trinajstić information content (AvgIpc) is 2.52. The molecule has 0 unspecified atom stereocenters. The lowest BCUT2D eigenvalue weighted by atomic mass is 9.93. The average molecular weight is 368 g/mol. The molecule has 0 aliphatic carbocycles. The Kier molecular flexibility index (Phi) is 6.43. The Bertz CT molecular complexity index is 532. The van der Waals surface area contributed by atoms with Crippen LogP contribution in [0.5, 0.6) is 0 Å². The normalized spacial score (nSPS) is 18.2. The van der Waals surface area contributed by atoms with Crippen LogP contribution in [-0.4, -0.2) is 35.0 Å². The van der Waals surface area contributed by atoms with Crippen molar-refractivity contribution in [1.29, 1.82) is 0 Å². The number of aliphatic carboxylic acids is 1. The molecular formula is C17H22BrNO3. The van der Waals surface area contributed by atoms with Gasteiger partial charge in [-0.05, 0) is 43.2 Å². The molecule has 2 rings (SSSR count). The molecule has 22 heavy (non-hydrogen) atoms. The highest BCUT2D eigenvalue weighted by Crippen LogP contribution is 2.23. The Morgan fingerprint density at radius 1 is 1.27 bits per heavy atom. The number of rotatable bonds is 6. The minimum absolute atomic E-state index is 0.177. The fraction of sp³-hybridized carbons (Fsp3) is 0.529. The van der Waals surface area contributed by atoms with Crippen molar-refractivity contribution < 1.29 is 14.7 Å². The highest BCUT2D eigenvalue weighted by Gasteiger charge is 2.23. The van der Waals surface area contributed by atoms with E-state index in [-0.39, 0.29) is 12.3 Å². The molecule has 0 saturated carbocycles. The van der Waals surface area contributed by atoms with E-state index in [4.69, 9.17) is 5.11 Å². The topological polar surface area (TPSA) is 57.6 Å². The summed E-state index contributed by atoms with van der Waals surface area (Å²) in [7, 11) is 0. The van der Waals surface area contributed by atoms with Crippen molar-refractivity contribution >= 4 is 27.8 Å². The van der Waals surface area contributed by atoms with Gasteiger partial charge in [0.05, 0.1) is 0 Å². The van der Waals surface area contributed by atoms with Crippen LogP contribution < -0.4 is 0 Å². The van der Waals surface area contributed by atoms with Crippen LogP contribution in [-0.2, 0) is 16.0 Å². The third kappa shape index (κ3) is 5.13. The van der Waals surface area contributed by atoms with Crippen LogP contribution in [0.2, 0.25) is 0 Å². The number of likely N-dealkylation sites (tertiary alicyclic amines) is 1. The zero-order valence-electron chi connectivity index (χ0n) is 12.6. The van der Waals surface area contributed by atoms with E-state index in [1.807, 2.05) is 29.2 Å². The van der Waals surface area contributed by atoms with E-state index in [1.165, 1.54) is 0 Å². The molecule has 1 aromatic carbocycles. The molecule has 0 aromatic heterocycles. The maximum Gasteiger partial charge on any atom is 0.303 e. The largest absolute Gasteiger partial charge is 0.481 e. The minimum Gasteiger partial charge on any atom is -0.481 e. The van der Waals surface area contributed by atoms with Crippen molar-refractivity contribution in [1.82, 2.24) is 4.90 Å². The SMILES string of the molecule is O=C(O)CC[C@@H]1CCCN(C(=O)CCc2ccccc2Br)C1. The lowest BCUT2D eigenvalue weighted by Gasteiger charge is -2.32. The van der Waals surface area contributed by atoms with E-state index >= 15 is 0 Å². The Morgan fingerprint density at radius 3 is 2.77 bits per heavy atom. The zero-order valence-corrected chi connectivity index (χ0v) is 14.2. The van der Waals surface area contributed by atoms with E-state index < -0.39 is 5.97 Å². The molecule has 1 atom stereocenters. The molecule has 1 heterocycles. The quantitative estimate of drug-likeness (QED) is 0.836. The lowest BCUT2D eigenvalue weighted by molar-refractivity contribution is -0.137. The highest BCUT2D eigenvalue weighted by atomic mass is 79.9. The number of halogens is 1. The number of piperidine rings is 1. The molecule has 1 N–H and O–H groups in total. The molecule has 1 fully saturated rings. The predicted molar refractivity (Wildman–Crippen MR) is 88.6 cm³/mol. The second kappa shape index (κ2) is 8.32. The van der Waals surface area contributed by atoms with Crippen molar-refractivity contribution in [2.45, 2.75) is 38.5 Å². The van der Waals surface area contributed by atoms with Crippen LogP contribution in [0.25, 0.3) is 0 Å². The van der Waals surface area contributed by atoms with Gasteiger partial charge >= 0.3 is 5.97 Å². The van der Waals surface area contributed by atoms with Crippen molar-refractivity contribution in [2.75, 3.05) is 13.1 Å². The maximum absolute atomic E-state index is 12.4. The molecule has 1 aromatic rings. The van der Waals surface area contributed by atoms with Crippen LogP contribution in [0.3, 0.4) is 0 Å². The first-order valence-electron chi connectivity index (χ1n) is 7.79. The Morgan fingerprint density at radius 2 is 2.05 bits per heavy atom. The number of carbonyl (C=O) groups is 2. The summed E-state index contributed by atoms with van der Waals surface area (Å²) >= 11 is 3.51. The van der Waals surface area contributed by atoms with Crippen LogP contribution >= 0.6 is 15.9 Å². The summed E-state index contributed by atoms with van der Waals surface area (Å²) in [6.45, 7) is 1.51. The molecule has 1 saturated heterocycles. The van der Waals surface area contributed by atoms with Gasteiger partial charge in [-0.3, -0.25) is 9.59 Å². The summed E-state index contributed by atoms with van der Waals surface area (Å²) < 4.78 is 1.04. The molecular weight excluding hydrogens is 346 g/mol. The molecule has 0 radical (unpaired) electrons. The van der Waals surface area contributed by atoms with Gasteiger partial charge in [-0.25, -0.2) is 0 Å². The molecule has 1 aliphatic heterocycles. The number of carbonyl (C=O) groups excluding carboxylic acids is 1. The van der Waals surface area contributed by atoms with Crippen LogP contribution in [0.15, 0.2) is 28.7 Å². The third-order valence-corrected chi connectivity index (χ3v) is 4.98. The Hall–Kier alpha value is -1.36. The van der Waals surface area contributed by atoms with Crippen molar-refractivity contribution in [3.63, 3.8) is 0 Å². The van der Waals surface area contributed by atoms with E-state index in [0.29, 0.717) is 25.3 Å². The molecule has 0 spiro atoms. The summed E-state index contributed by atoms with van der Waals surface area (Å²) in [6.07, 6.45) is 4.12. The van der Waals surface area contributed by atoms with Crippen LogP contribution in [0.1, 0.15) is 37.7 Å². The maximum atomic E-state index is 12.4. The van der Waals surface area contributed by atoms with Gasteiger partial charge in [0.25, 0.3) is 0 Å². The number of benzene rings is 1. The van der Waals surface area contributed by atoms with Gasteiger partial charge in [0.15, 0.2) is 0 Å². The number of carboxylic acids is 1. The monoisotopic (exact) mass is 367 g/mol. The fourth-order valence-electron chi connectivity index (χ4n) is 2.96. The molecule has 120 valence electrons. The zero-order chi connectivity index (χ0) is 15.9. The van der Waals surface area contributed by atoms with Gasteiger partial charge in [-0.2, -0.15) is 0 Å². The van der Waals surface area contributed by atoms with E-state index in [9.17, 15) is 9.59 Å². The summed E-state index contributed by atoms with van der Waals surface area (Å²) in [5, 5.41) is 8.77. The summed E-state index contributed by atoms with van der Waals surface area (Å²) in [5.74, 6) is -0.245. The number of hydrogen-bond donors (Lipinski definition) is 1. The predicted octanol–water partition coefficient (Wildman–Crippen LogP) is 3.49. The number of amides is 1. The van der Waals surface area contributed by atoms with Gasteiger partial charge in [0, 0.05) is 30.4 Å². The Labute approximate surface area is 139 Å². The second-order valence-electron chi connectivity index (χ2n) is 5.87. The van der Waals surface area contributed by atoms with Gasteiger partial charge in [0.1, 0.15) is 0 Å². The van der Waals surface area contributed by atoms with Crippen molar-refractivity contribution in [3.8, 4) is 0 Å². The smallest absolute Gasteiger partial charge is 0.303 e. The standard InChI is InChI=1S/C17H22BrNO3/c18-15-6-2-1-5-14(15)8-9-16(20)19-11-3-4-13(12-19)7-10-17(21)22/h1-2,5-6,13H,3-4,7-12H2,(H,21,22)/t13-/m0/s1. The van der Waals surface area contributed by atoms with Gasteiger partial charge in [-0.1, -0.05) is 34.1 Å². The Balaban J connectivity index is 1.81. The van der Waals surface area contributed by atoms with Gasteiger partial charge < -0.3 is 10.0 Å². The number of hydrogen-bond acceptors (Lipinski definition) is 2. The van der Waals surface area contributed by atoms with E-state index in [2.05, 4.69) is 15.9 Å². The van der Waals surface area contributed by atoms with Crippen molar-refractivity contribution in [2.24, 2.45) is 5.92 Å². The summed E-state index contributed by atoms with van der Waals surface area (Å²) in [6, 6.07) is 7.96. The molecule has 4 nitrogen and oxygen atoms in total. The van der Waals surface area contributed by atoms with Crippen molar-refractivity contribution in [3.05, 3.63) is 34.3 Å². The third-order valence-electron chi connectivity index (χ3n) is 4.20. The van der Waals surface area contributed by atoms with Gasteiger partial charge in [-0.15, -0.1) is 0 Å². The summed E-state index contributed by atoms with van der Waals surface area (Å²) in [4.78, 5) is 24.9. The van der Waals surface area contributed by atoms with Crippen LogP contribution in [0.4, 0.5) is 0 Å². The lowest BCUT2D eigenvalue weighted by Crippen LogP contribution is -2.40. The van der Waals surface area contributed by atoms with Crippen LogP contribution in [0, 0.1) is 5.92 Å². The highest BCUT2D eigenvalue weighted by molar-refractivity contribution is 9.10. The molecule has 1 amide bonds. The first-order chi connectivity index (χ1) is 10.6. The number of nitrogens with zero attached hydrogens (tertiary/aromatic N) is 1. The molecule has 1 aliphatic rings. The fourth-order valence-corrected chi connectivity index (χ4v) is 3.44. The first kappa shape index (κ1) is 17.0. The minimum atomic E-state index is -0.752. The molecule has 5 heteroatoms. The first-order valence-corrected chi connectivity index (χ1v) is 8.58. The second-order valence-corrected chi connectivity index (χ2v) is 6.73.